The minimum Gasteiger partial charge on any atom is -0.394 e. The highest BCUT2D eigenvalue weighted by Gasteiger charge is 2.59. The van der Waals surface area contributed by atoms with Gasteiger partial charge in [0.25, 0.3) is 0 Å². The van der Waals surface area contributed by atoms with Crippen molar-refractivity contribution >= 4 is 7.82 Å². The van der Waals surface area contributed by atoms with Gasteiger partial charge in [-0.05, 0) is 97.7 Å². The number of allylic oxidation sites excluding steroid dienone is 1. The first-order chi connectivity index (χ1) is 22.2. The van der Waals surface area contributed by atoms with Gasteiger partial charge in [0.1, 0.15) is 18.3 Å². The predicted molar refractivity (Wildman–Crippen MR) is 180 cm³/mol. The molecule has 4 rings (SSSR count). The standard InChI is InChI=1S/C36H65O10P/c1-24(2)7-6-8-25(3)32-11-12-33-31-10-9-26-17-30(13-15-35(26,4)34(31)14-16-36(32,33)5)46-47(42,44-22-28(40)19-38)45-23-29(41)21-43-20-27(39)18-37/h9,24-25,27-34,37-41H,6-8,10-23H2,1-5H3/t25-,27?,28?,29?,30?,31+,32-,33+,34+,35+,36-,47?/m1/s1. The summed E-state index contributed by atoms with van der Waals surface area (Å²) in [5.41, 5.74) is 1.87. The smallest absolute Gasteiger partial charge is 0.394 e. The number of ether oxygens (including phenoxy) is 1. The number of hydrogen-bond donors (Lipinski definition) is 5. The van der Waals surface area contributed by atoms with Gasteiger partial charge >= 0.3 is 7.82 Å². The van der Waals surface area contributed by atoms with Crippen molar-refractivity contribution in [3.63, 3.8) is 0 Å². The Balaban J connectivity index is 1.38. The van der Waals surface area contributed by atoms with E-state index in [-0.39, 0.29) is 18.6 Å². The van der Waals surface area contributed by atoms with Crippen LogP contribution in [0, 0.1) is 46.3 Å². The molecule has 11 heteroatoms. The van der Waals surface area contributed by atoms with Gasteiger partial charge in [-0.3, -0.25) is 13.6 Å². The summed E-state index contributed by atoms with van der Waals surface area (Å²) < 4.78 is 35.9. The van der Waals surface area contributed by atoms with Gasteiger partial charge in [0.15, 0.2) is 0 Å². The number of rotatable bonds is 19. The summed E-state index contributed by atoms with van der Waals surface area (Å²) >= 11 is 0. The van der Waals surface area contributed by atoms with Crippen LogP contribution in [0.1, 0.15) is 105 Å². The average molecular weight is 689 g/mol. The molecule has 0 spiro atoms. The number of aliphatic hydroxyl groups is 5. The molecule has 5 N–H and O–H groups in total. The Bertz CT molecular complexity index is 1050. The Kier molecular flexibility index (Phi) is 14.4. The molecule has 0 saturated heterocycles. The molecule has 0 bridgehead atoms. The van der Waals surface area contributed by atoms with E-state index in [0.29, 0.717) is 30.1 Å². The highest BCUT2D eigenvalue weighted by molar-refractivity contribution is 7.48. The molecule has 3 saturated carbocycles. The predicted octanol–water partition coefficient (Wildman–Crippen LogP) is 5.64. The second-order valence-corrected chi connectivity index (χ2v) is 17.8. The first-order valence-electron chi connectivity index (χ1n) is 18.3. The zero-order valence-electron chi connectivity index (χ0n) is 29.6. The van der Waals surface area contributed by atoms with Gasteiger partial charge in [0, 0.05) is 0 Å². The molecule has 0 aromatic heterocycles. The molecule has 0 amide bonds. The lowest BCUT2D eigenvalue weighted by Gasteiger charge is -2.58. The largest absolute Gasteiger partial charge is 0.475 e. The Hall–Kier alpha value is -0.390. The molecule has 0 heterocycles. The summed E-state index contributed by atoms with van der Waals surface area (Å²) in [6.45, 7) is 9.93. The van der Waals surface area contributed by atoms with E-state index in [1.807, 2.05) is 0 Å². The molecule has 0 aliphatic heterocycles. The molecule has 4 aliphatic rings. The fraction of sp³-hybridized carbons (Fsp3) is 0.944. The Morgan fingerprint density at radius 2 is 1.51 bits per heavy atom. The maximum atomic E-state index is 13.7. The van der Waals surface area contributed by atoms with Crippen molar-refractivity contribution in [1.82, 2.24) is 0 Å². The van der Waals surface area contributed by atoms with E-state index in [4.69, 9.17) is 23.4 Å². The molecule has 47 heavy (non-hydrogen) atoms. The van der Waals surface area contributed by atoms with Crippen LogP contribution in [0.4, 0.5) is 0 Å². The summed E-state index contributed by atoms with van der Waals surface area (Å²) in [5, 5.41) is 47.7. The third-order valence-electron chi connectivity index (χ3n) is 12.4. The Morgan fingerprint density at radius 3 is 2.19 bits per heavy atom. The molecule has 12 atom stereocenters. The molecule has 0 radical (unpaired) electrons. The van der Waals surface area contributed by atoms with E-state index in [0.717, 1.165) is 36.5 Å². The van der Waals surface area contributed by atoms with Crippen LogP contribution in [0.25, 0.3) is 0 Å². The van der Waals surface area contributed by atoms with Crippen LogP contribution in [0.5, 0.6) is 0 Å². The van der Waals surface area contributed by atoms with Crippen LogP contribution in [-0.2, 0) is 22.9 Å². The number of aliphatic hydroxyl groups excluding tert-OH is 5. The Labute approximate surface area is 283 Å². The van der Waals surface area contributed by atoms with Gasteiger partial charge in [0.2, 0.25) is 0 Å². The third kappa shape index (κ3) is 9.69. The van der Waals surface area contributed by atoms with Crippen molar-refractivity contribution in [1.29, 1.82) is 0 Å². The van der Waals surface area contributed by atoms with E-state index in [9.17, 15) is 25.0 Å². The zero-order chi connectivity index (χ0) is 34.4. The fourth-order valence-electron chi connectivity index (χ4n) is 9.87. The molecule has 10 nitrogen and oxygen atoms in total. The van der Waals surface area contributed by atoms with Crippen LogP contribution in [0.15, 0.2) is 11.6 Å². The Morgan fingerprint density at radius 1 is 0.851 bits per heavy atom. The SMILES string of the molecule is CC(C)CCC[C@@H](C)[C@H]1CC[C@H]2[C@@H]3CC=C4CC(OP(=O)(OCC(O)CO)OCC(O)COCC(O)CO)CC[C@]4(C)[C@H]3CC[C@]12C. The second kappa shape index (κ2) is 17.2. The number of phosphoric ester groups is 1. The second-order valence-electron chi connectivity index (χ2n) is 16.2. The topological polar surface area (TPSA) is 155 Å². The molecular weight excluding hydrogens is 623 g/mol. The van der Waals surface area contributed by atoms with Crippen LogP contribution in [0.2, 0.25) is 0 Å². The summed E-state index contributed by atoms with van der Waals surface area (Å²) in [6, 6.07) is 0. The summed E-state index contributed by atoms with van der Waals surface area (Å²) in [6.07, 6.45) is 11.1. The molecule has 274 valence electrons. The highest BCUT2D eigenvalue weighted by atomic mass is 31.2. The van der Waals surface area contributed by atoms with Gasteiger partial charge in [-0.15, -0.1) is 0 Å². The van der Waals surface area contributed by atoms with Crippen LogP contribution in [-0.4, -0.2) is 89.6 Å². The lowest BCUT2D eigenvalue weighted by molar-refractivity contribution is -0.0605. The highest BCUT2D eigenvalue weighted by Crippen LogP contribution is 2.68. The van der Waals surface area contributed by atoms with Gasteiger partial charge in [-0.2, -0.15) is 0 Å². The van der Waals surface area contributed by atoms with Crippen LogP contribution < -0.4 is 0 Å². The van der Waals surface area contributed by atoms with Crippen molar-refractivity contribution in [3.05, 3.63) is 11.6 Å². The lowest BCUT2D eigenvalue weighted by Crippen LogP contribution is -2.51. The average Bonchev–Trinajstić information content (AvgIpc) is 3.40. The maximum Gasteiger partial charge on any atom is 0.475 e. The van der Waals surface area contributed by atoms with Gasteiger partial charge in [-0.1, -0.05) is 65.5 Å². The van der Waals surface area contributed by atoms with Gasteiger partial charge in [-0.25, -0.2) is 4.57 Å². The first kappa shape index (κ1) is 39.4. The minimum absolute atomic E-state index is 0.0799. The molecule has 3 fully saturated rings. The van der Waals surface area contributed by atoms with E-state index in [1.54, 1.807) is 0 Å². The summed E-state index contributed by atoms with van der Waals surface area (Å²) in [4.78, 5) is 0. The monoisotopic (exact) mass is 688 g/mol. The maximum absolute atomic E-state index is 13.7. The van der Waals surface area contributed by atoms with E-state index in [2.05, 4.69) is 40.7 Å². The van der Waals surface area contributed by atoms with Crippen LogP contribution in [0.3, 0.4) is 0 Å². The van der Waals surface area contributed by atoms with E-state index < -0.39 is 58.7 Å². The van der Waals surface area contributed by atoms with E-state index in [1.165, 1.54) is 50.5 Å². The zero-order valence-corrected chi connectivity index (χ0v) is 30.5. The van der Waals surface area contributed by atoms with Crippen molar-refractivity contribution in [3.8, 4) is 0 Å². The molecule has 0 aromatic rings. The quantitative estimate of drug-likeness (QED) is 0.0851. The third-order valence-corrected chi connectivity index (χ3v) is 13.9. The normalized spacial score (nSPS) is 36.1. The van der Waals surface area contributed by atoms with E-state index >= 15 is 0 Å². The first-order valence-corrected chi connectivity index (χ1v) is 19.8. The van der Waals surface area contributed by atoms with Crippen molar-refractivity contribution in [2.45, 2.75) is 130 Å². The molecule has 0 aromatic carbocycles. The molecular formula is C36H65O10P. The number of phosphoric acid groups is 1. The van der Waals surface area contributed by atoms with Gasteiger partial charge < -0.3 is 30.3 Å². The van der Waals surface area contributed by atoms with Crippen molar-refractivity contribution in [2.75, 3.05) is 39.6 Å². The summed E-state index contributed by atoms with van der Waals surface area (Å²) in [7, 11) is -4.22. The van der Waals surface area contributed by atoms with Crippen molar-refractivity contribution in [2.24, 2.45) is 46.3 Å². The molecule has 5 unspecified atom stereocenters. The minimum atomic E-state index is -4.22. The summed E-state index contributed by atoms with van der Waals surface area (Å²) in [5.74, 6) is 4.48. The fourth-order valence-corrected chi connectivity index (χ4v) is 11.3. The number of hydrogen-bond acceptors (Lipinski definition) is 10. The van der Waals surface area contributed by atoms with Crippen molar-refractivity contribution < 1.29 is 48.4 Å². The van der Waals surface area contributed by atoms with Gasteiger partial charge in [0.05, 0.1) is 45.7 Å². The number of fused-ring (bicyclic) bond motifs is 5. The lowest BCUT2D eigenvalue weighted by atomic mass is 9.47. The molecule has 4 aliphatic carbocycles. The van der Waals surface area contributed by atoms with Crippen LogP contribution >= 0.6 is 7.82 Å².